The van der Waals surface area contributed by atoms with Gasteiger partial charge in [-0.2, -0.15) is 0 Å². The molecule has 206 valence electrons. The molecule has 2 saturated heterocycles. The van der Waals surface area contributed by atoms with Crippen molar-refractivity contribution in [1.82, 2.24) is 9.80 Å². The van der Waals surface area contributed by atoms with E-state index in [0.29, 0.717) is 25.1 Å². The predicted molar refractivity (Wildman–Crippen MR) is 145 cm³/mol. The third kappa shape index (κ3) is 6.12. The Balaban J connectivity index is 1.62. The lowest BCUT2D eigenvalue weighted by Gasteiger charge is -2.51. The Bertz CT molecular complexity index is 1100. The van der Waals surface area contributed by atoms with Crippen LogP contribution in [0.2, 0.25) is 0 Å². The number of nitrogens with two attached hydrogens (primary N) is 1. The highest BCUT2D eigenvalue weighted by Crippen LogP contribution is 2.42. The summed E-state index contributed by atoms with van der Waals surface area (Å²) in [4.78, 5) is 29.9. The second kappa shape index (κ2) is 12.2. The molecule has 0 aromatic heterocycles. The van der Waals surface area contributed by atoms with Crippen LogP contribution in [-0.4, -0.2) is 59.3 Å². The number of rotatable bonds is 8. The van der Waals surface area contributed by atoms with E-state index in [9.17, 15) is 14.0 Å². The van der Waals surface area contributed by atoms with Crippen molar-refractivity contribution in [3.05, 3.63) is 54.3 Å². The molecule has 2 aliphatic heterocycles. The van der Waals surface area contributed by atoms with Gasteiger partial charge in [0.05, 0.1) is 12.1 Å². The summed E-state index contributed by atoms with van der Waals surface area (Å²) in [5.41, 5.74) is 7.09. The van der Waals surface area contributed by atoms with Gasteiger partial charge in [-0.25, -0.2) is 9.18 Å². The number of carbonyl (C=O) groups is 2. The first kappa shape index (κ1) is 27.9. The summed E-state index contributed by atoms with van der Waals surface area (Å²) in [5, 5.41) is 0. The number of ether oxygens (including phenoxy) is 2. The van der Waals surface area contributed by atoms with Gasteiger partial charge >= 0.3 is 6.09 Å². The highest BCUT2D eigenvalue weighted by Gasteiger charge is 2.51. The second-order valence-corrected chi connectivity index (χ2v) is 10.6. The molecule has 4 rings (SSSR count). The topological polar surface area (TPSA) is 85.1 Å². The average Bonchev–Trinajstić information content (AvgIpc) is 3.44. The molecule has 7 nitrogen and oxygen atoms in total. The Hall–Kier alpha value is -3.13. The van der Waals surface area contributed by atoms with Crippen molar-refractivity contribution in [2.75, 3.05) is 19.6 Å². The molecule has 3 atom stereocenters. The summed E-state index contributed by atoms with van der Waals surface area (Å²) < 4.78 is 26.1. The molecule has 2 unspecified atom stereocenters. The standard InChI is InChI=1S/C30H40FN3O4/c1-4-30(38-26-14-12-22(13-15-26)23-9-7-11-25(31)19-23)24(10-8-18-34(30)29(36)37-21(2)3)20-27(32)28(35)33-16-5-6-17-33/h7,9,11-15,19,21,24,27H,4-6,8,10,16-18,20,32H2,1-3H3/t24?,27-,30?/m0/s1. The number of hydrogen-bond acceptors (Lipinski definition) is 5. The zero-order valence-electron chi connectivity index (χ0n) is 22.7. The lowest BCUT2D eigenvalue weighted by Crippen LogP contribution is -2.64. The van der Waals surface area contributed by atoms with Crippen LogP contribution in [0, 0.1) is 11.7 Å². The van der Waals surface area contributed by atoms with Crippen molar-refractivity contribution in [3.63, 3.8) is 0 Å². The Morgan fingerprint density at radius 1 is 1.05 bits per heavy atom. The van der Waals surface area contributed by atoms with Crippen molar-refractivity contribution in [2.45, 2.75) is 77.2 Å². The Morgan fingerprint density at radius 2 is 1.76 bits per heavy atom. The summed E-state index contributed by atoms with van der Waals surface area (Å²) in [6.45, 7) is 7.62. The Kier molecular flexibility index (Phi) is 8.92. The third-order valence-corrected chi connectivity index (χ3v) is 7.67. The lowest BCUT2D eigenvalue weighted by atomic mass is 9.79. The van der Waals surface area contributed by atoms with E-state index in [2.05, 4.69) is 0 Å². The summed E-state index contributed by atoms with van der Waals surface area (Å²) in [5.74, 6) is 0.0943. The molecular weight excluding hydrogens is 485 g/mol. The molecule has 38 heavy (non-hydrogen) atoms. The van der Waals surface area contributed by atoms with E-state index < -0.39 is 17.9 Å². The summed E-state index contributed by atoms with van der Waals surface area (Å²) in [6, 6.07) is 13.2. The van der Waals surface area contributed by atoms with Crippen molar-refractivity contribution in [3.8, 4) is 16.9 Å². The van der Waals surface area contributed by atoms with Crippen LogP contribution in [0.3, 0.4) is 0 Å². The molecule has 2 heterocycles. The maximum Gasteiger partial charge on any atom is 0.413 e. The van der Waals surface area contributed by atoms with Gasteiger partial charge in [0.2, 0.25) is 5.91 Å². The van der Waals surface area contributed by atoms with Crippen LogP contribution in [0.4, 0.5) is 9.18 Å². The highest BCUT2D eigenvalue weighted by molar-refractivity contribution is 5.82. The lowest BCUT2D eigenvalue weighted by molar-refractivity contribution is -0.148. The van der Waals surface area contributed by atoms with Gasteiger partial charge in [0, 0.05) is 32.0 Å². The van der Waals surface area contributed by atoms with Crippen LogP contribution in [-0.2, 0) is 9.53 Å². The molecule has 0 saturated carbocycles. The number of likely N-dealkylation sites (tertiary alicyclic amines) is 2. The Morgan fingerprint density at radius 3 is 2.39 bits per heavy atom. The van der Waals surface area contributed by atoms with E-state index >= 15 is 0 Å². The molecule has 2 aromatic rings. The number of hydrogen-bond donors (Lipinski definition) is 1. The zero-order valence-corrected chi connectivity index (χ0v) is 22.7. The van der Waals surface area contributed by atoms with Crippen LogP contribution in [0.1, 0.15) is 59.3 Å². The maximum atomic E-state index is 13.7. The molecule has 2 aromatic carbocycles. The monoisotopic (exact) mass is 525 g/mol. The number of benzene rings is 2. The van der Waals surface area contributed by atoms with Crippen LogP contribution >= 0.6 is 0 Å². The smallest absolute Gasteiger partial charge is 0.413 e. The van der Waals surface area contributed by atoms with Gasteiger partial charge < -0.3 is 20.1 Å². The quantitative estimate of drug-likeness (QED) is 0.487. The van der Waals surface area contributed by atoms with E-state index in [4.69, 9.17) is 15.2 Å². The minimum Gasteiger partial charge on any atom is -0.468 e. The van der Waals surface area contributed by atoms with Gasteiger partial charge in [-0.05, 0) is 81.3 Å². The van der Waals surface area contributed by atoms with Crippen molar-refractivity contribution in [1.29, 1.82) is 0 Å². The molecule has 0 bridgehead atoms. The van der Waals surface area contributed by atoms with Gasteiger partial charge in [-0.1, -0.05) is 31.2 Å². The van der Waals surface area contributed by atoms with Crippen LogP contribution < -0.4 is 10.5 Å². The van der Waals surface area contributed by atoms with Crippen LogP contribution in [0.5, 0.6) is 5.75 Å². The van der Waals surface area contributed by atoms with E-state index in [1.54, 1.807) is 11.0 Å². The second-order valence-electron chi connectivity index (χ2n) is 10.6. The van der Waals surface area contributed by atoms with Crippen LogP contribution in [0.25, 0.3) is 11.1 Å². The number of amides is 2. The highest BCUT2D eigenvalue weighted by atomic mass is 19.1. The van der Waals surface area contributed by atoms with E-state index in [0.717, 1.165) is 49.9 Å². The van der Waals surface area contributed by atoms with Crippen LogP contribution in [0.15, 0.2) is 48.5 Å². The molecule has 2 fully saturated rings. The van der Waals surface area contributed by atoms with Gasteiger partial charge in [0.15, 0.2) is 5.72 Å². The van der Waals surface area contributed by atoms with E-state index in [1.165, 1.54) is 12.1 Å². The molecule has 0 aliphatic carbocycles. The van der Waals surface area contributed by atoms with Gasteiger partial charge in [-0.15, -0.1) is 0 Å². The fraction of sp³-hybridized carbons (Fsp3) is 0.533. The minimum absolute atomic E-state index is 0.0335. The first-order chi connectivity index (χ1) is 18.2. The van der Waals surface area contributed by atoms with E-state index in [1.807, 2.05) is 56.0 Å². The largest absolute Gasteiger partial charge is 0.468 e. The number of halogens is 1. The van der Waals surface area contributed by atoms with Gasteiger partial charge in [0.1, 0.15) is 11.6 Å². The summed E-state index contributed by atoms with van der Waals surface area (Å²) >= 11 is 0. The molecule has 0 spiro atoms. The molecular formula is C30H40FN3O4. The first-order valence-electron chi connectivity index (χ1n) is 13.8. The predicted octanol–water partition coefficient (Wildman–Crippen LogP) is 5.57. The van der Waals surface area contributed by atoms with Crippen molar-refractivity contribution in [2.24, 2.45) is 11.7 Å². The molecule has 2 aliphatic rings. The SMILES string of the molecule is CCC1(Oc2ccc(-c3cccc(F)c3)cc2)C(C[C@H](N)C(=O)N2CCCC2)CCCN1C(=O)OC(C)C. The Labute approximate surface area is 225 Å². The number of nitrogens with zero attached hydrogens (tertiary/aromatic N) is 2. The fourth-order valence-corrected chi connectivity index (χ4v) is 5.80. The molecule has 8 heteroatoms. The zero-order chi connectivity index (χ0) is 27.3. The number of piperidine rings is 1. The first-order valence-corrected chi connectivity index (χ1v) is 13.8. The fourth-order valence-electron chi connectivity index (χ4n) is 5.80. The third-order valence-electron chi connectivity index (χ3n) is 7.67. The minimum atomic E-state index is -1.02. The average molecular weight is 526 g/mol. The van der Waals surface area contributed by atoms with Gasteiger partial charge in [-0.3, -0.25) is 9.69 Å². The van der Waals surface area contributed by atoms with Crippen molar-refractivity contribution >= 4 is 12.0 Å². The summed E-state index contributed by atoms with van der Waals surface area (Å²) in [7, 11) is 0. The molecule has 2 amide bonds. The van der Waals surface area contributed by atoms with Gasteiger partial charge in [0.25, 0.3) is 0 Å². The molecule has 0 radical (unpaired) electrons. The normalized spacial score (nSPS) is 22.4. The summed E-state index contributed by atoms with van der Waals surface area (Å²) in [6.07, 6.45) is 3.77. The maximum absolute atomic E-state index is 13.7. The van der Waals surface area contributed by atoms with Crippen molar-refractivity contribution < 1.29 is 23.5 Å². The van der Waals surface area contributed by atoms with E-state index in [-0.39, 0.29) is 23.7 Å². The number of carbonyl (C=O) groups excluding carboxylic acids is 2. The molecule has 2 N–H and O–H groups in total.